The van der Waals surface area contributed by atoms with Crippen LogP contribution < -0.4 is 11.3 Å². The van der Waals surface area contributed by atoms with Crippen LogP contribution in [0.4, 0.5) is 0 Å². The fraction of sp³-hybridized carbons (Fsp3) is 0.333. The molecule has 0 bridgehead atoms. The van der Waals surface area contributed by atoms with Crippen molar-refractivity contribution in [1.82, 2.24) is 5.43 Å². The van der Waals surface area contributed by atoms with Gasteiger partial charge >= 0.3 is 0 Å². The van der Waals surface area contributed by atoms with Crippen molar-refractivity contribution in [1.29, 1.82) is 0 Å². The smallest absolute Gasteiger partial charge is 0.0360 e. The Morgan fingerprint density at radius 2 is 2.21 bits per heavy atom. The van der Waals surface area contributed by atoms with Crippen molar-refractivity contribution in [2.75, 3.05) is 0 Å². The molecule has 0 amide bonds. The summed E-state index contributed by atoms with van der Waals surface area (Å²) in [5.41, 5.74) is 5.32. The zero-order chi connectivity index (χ0) is 10.4. The van der Waals surface area contributed by atoms with E-state index in [-0.39, 0.29) is 6.04 Å². The van der Waals surface area contributed by atoms with Gasteiger partial charge in [-0.1, -0.05) is 24.3 Å². The van der Waals surface area contributed by atoms with Crippen LogP contribution >= 0.6 is 0 Å². The van der Waals surface area contributed by atoms with E-state index in [0.717, 1.165) is 6.42 Å². The maximum Gasteiger partial charge on any atom is 0.0360 e. The minimum atomic E-state index is 0.168. The van der Waals surface area contributed by atoms with Gasteiger partial charge in [-0.2, -0.15) is 0 Å². The molecule has 0 spiro atoms. The summed E-state index contributed by atoms with van der Waals surface area (Å²) in [7, 11) is 0. The third kappa shape index (κ3) is 2.88. The predicted molar refractivity (Wildman–Crippen MR) is 59.4 cm³/mol. The van der Waals surface area contributed by atoms with E-state index < -0.39 is 0 Å². The molecule has 2 heteroatoms. The molecule has 1 aromatic rings. The van der Waals surface area contributed by atoms with Gasteiger partial charge in [0.15, 0.2) is 0 Å². The predicted octanol–water partition coefficient (Wildman–Crippen LogP) is 1.39. The Morgan fingerprint density at radius 3 is 2.79 bits per heavy atom. The molecule has 0 aliphatic carbocycles. The van der Waals surface area contributed by atoms with Crippen LogP contribution in [0.15, 0.2) is 24.3 Å². The Hall–Kier alpha value is -1.30. The van der Waals surface area contributed by atoms with E-state index in [2.05, 4.69) is 30.4 Å². The standard InChI is InChI=1S/C12H16N2/c1-3-6-12(14-13)9-11-8-5-4-7-10(11)2/h1,4-5,7-8,12,14H,6,9,13H2,2H3. The van der Waals surface area contributed by atoms with E-state index in [9.17, 15) is 0 Å². The van der Waals surface area contributed by atoms with Crippen LogP contribution in [0, 0.1) is 19.3 Å². The van der Waals surface area contributed by atoms with Crippen LogP contribution in [0.5, 0.6) is 0 Å². The maximum absolute atomic E-state index is 5.41. The lowest BCUT2D eigenvalue weighted by Crippen LogP contribution is -2.36. The van der Waals surface area contributed by atoms with Gasteiger partial charge in [0.25, 0.3) is 0 Å². The van der Waals surface area contributed by atoms with E-state index in [4.69, 9.17) is 12.3 Å². The average Bonchev–Trinajstić information content (AvgIpc) is 2.20. The number of hydrogen-bond donors (Lipinski definition) is 2. The first-order valence-electron chi connectivity index (χ1n) is 4.72. The molecule has 14 heavy (non-hydrogen) atoms. The Morgan fingerprint density at radius 1 is 1.50 bits per heavy atom. The van der Waals surface area contributed by atoms with E-state index in [1.165, 1.54) is 11.1 Å². The molecule has 0 aliphatic heterocycles. The minimum absolute atomic E-state index is 0.168. The topological polar surface area (TPSA) is 38.0 Å². The molecule has 0 heterocycles. The summed E-state index contributed by atoms with van der Waals surface area (Å²) >= 11 is 0. The van der Waals surface area contributed by atoms with Gasteiger partial charge < -0.3 is 0 Å². The van der Waals surface area contributed by atoms with Crippen LogP contribution in [0.2, 0.25) is 0 Å². The molecule has 0 radical (unpaired) electrons. The highest BCUT2D eigenvalue weighted by molar-refractivity contribution is 5.26. The van der Waals surface area contributed by atoms with Crippen molar-refractivity contribution in [3.63, 3.8) is 0 Å². The monoisotopic (exact) mass is 188 g/mol. The summed E-state index contributed by atoms with van der Waals surface area (Å²) in [6.45, 7) is 2.10. The molecule has 1 aromatic carbocycles. The number of hydrazine groups is 1. The van der Waals surface area contributed by atoms with Crippen LogP contribution in [0.25, 0.3) is 0 Å². The lowest BCUT2D eigenvalue weighted by Gasteiger charge is -2.14. The van der Waals surface area contributed by atoms with Crippen LogP contribution in [0.3, 0.4) is 0 Å². The van der Waals surface area contributed by atoms with Crippen molar-refractivity contribution in [3.8, 4) is 12.3 Å². The third-order valence-electron chi connectivity index (χ3n) is 2.33. The number of hydrogen-bond acceptors (Lipinski definition) is 2. The van der Waals surface area contributed by atoms with Crippen molar-refractivity contribution in [3.05, 3.63) is 35.4 Å². The Balaban J connectivity index is 2.68. The first-order valence-corrected chi connectivity index (χ1v) is 4.72. The zero-order valence-electron chi connectivity index (χ0n) is 8.46. The van der Waals surface area contributed by atoms with Gasteiger partial charge in [0.1, 0.15) is 0 Å². The van der Waals surface area contributed by atoms with Gasteiger partial charge in [-0.05, 0) is 24.5 Å². The average molecular weight is 188 g/mol. The molecule has 0 aliphatic rings. The van der Waals surface area contributed by atoms with E-state index in [1.54, 1.807) is 0 Å². The second-order valence-electron chi connectivity index (χ2n) is 3.40. The van der Waals surface area contributed by atoms with Gasteiger partial charge in [-0.25, -0.2) is 0 Å². The number of terminal acetylenes is 1. The van der Waals surface area contributed by atoms with Crippen molar-refractivity contribution in [2.24, 2.45) is 5.84 Å². The van der Waals surface area contributed by atoms with Gasteiger partial charge in [0, 0.05) is 12.5 Å². The van der Waals surface area contributed by atoms with Crippen LogP contribution in [0.1, 0.15) is 17.5 Å². The van der Waals surface area contributed by atoms with Crippen molar-refractivity contribution < 1.29 is 0 Å². The molecule has 74 valence electrons. The molecule has 0 fully saturated rings. The van der Waals surface area contributed by atoms with Gasteiger partial charge in [0.2, 0.25) is 0 Å². The summed E-state index contributed by atoms with van der Waals surface area (Å²) in [6, 6.07) is 8.44. The summed E-state index contributed by atoms with van der Waals surface area (Å²) in [5, 5.41) is 0. The quantitative estimate of drug-likeness (QED) is 0.426. The maximum atomic E-state index is 5.41. The zero-order valence-corrected chi connectivity index (χ0v) is 8.46. The van der Waals surface area contributed by atoms with E-state index in [0.29, 0.717) is 6.42 Å². The Kier molecular flexibility index (Phi) is 4.18. The largest absolute Gasteiger partial charge is 0.271 e. The Labute approximate surface area is 85.5 Å². The molecule has 1 atom stereocenters. The lowest BCUT2D eigenvalue weighted by atomic mass is 10.00. The number of benzene rings is 1. The SMILES string of the molecule is C#CCC(Cc1ccccc1C)NN. The molecule has 0 aromatic heterocycles. The molecular weight excluding hydrogens is 172 g/mol. The first kappa shape index (κ1) is 10.8. The molecule has 2 nitrogen and oxygen atoms in total. The van der Waals surface area contributed by atoms with Gasteiger partial charge in [-0.3, -0.25) is 11.3 Å². The third-order valence-corrected chi connectivity index (χ3v) is 2.33. The van der Waals surface area contributed by atoms with Crippen molar-refractivity contribution in [2.45, 2.75) is 25.8 Å². The number of nitrogens with one attached hydrogen (secondary N) is 1. The molecule has 3 N–H and O–H groups in total. The highest BCUT2D eigenvalue weighted by Crippen LogP contribution is 2.10. The van der Waals surface area contributed by atoms with E-state index >= 15 is 0 Å². The second-order valence-corrected chi connectivity index (χ2v) is 3.40. The molecule has 0 saturated carbocycles. The fourth-order valence-electron chi connectivity index (χ4n) is 1.44. The Bertz CT molecular complexity index is 325. The van der Waals surface area contributed by atoms with E-state index in [1.807, 2.05) is 12.1 Å². The lowest BCUT2D eigenvalue weighted by molar-refractivity contribution is 0.536. The fourth-order valence-corrected chi connectivity index (χ4v) is 1.44. The molecular formula is C12H16N2. The minimum Gasteiger partial charge on any atom is -0.271 e. The van der Waals surface area contributed by atoms with Gasteiger partial charge in [-0.15, -0.1) is 12.3 Å². The van der Waals surface area contributed by atoms with Crippen LogP contribution in [-0.4, -0.2) is 6.04 Å². The summed E-state index contributed by atoms with van der Waals surface area (Å²) in [5.74, 6) is 8.03. The summed E-state index contributed by atoms with van der Waals surface area (Å²) in [6.07, 6.45) is 6.79. The number of rotatable bonds is 4. The highest BCUT2D eigenvalue weighted by Gasteiger charge is 2.07. The second kappa shape index (κ2) is 5.43. The number of nitrogens with two attached hydrogens (primary N) is 1. The normalized spacial score (nSPS) is 12.1. The molecule has 1 unspecified atom stereocenters. The number of aryl methyl sites for hydroxylation is 1. The molecule has 0 saturated heterocycles. The molecule has 1 rings (SSSR count). The van der Waals surface area contributed by atoms with Crippen LogP contribution in [-0.2, 0) is 6.42 Å². The van der Waals surface area contributed by atoms with Crippen molar-refractivity contribution >= 4 is 0 Å². The highest BCUT2D eigenvalue weighted by atomic mass is 15.2. The first-order chi connectivity index (χ1) is 6.77. The summed E-state index contributed by atoms with van der Waals surface area (Å²) in [4.78, 5) is 0. The summed E-state index contributed by atoms with van der Waals surface area (Å²) < 4.78 is 0. The van der Waals surface area contributed by atoms with Gasteiger partial charge in [0.05, 0.1) is 0 Å².